The quantitative estimate of drug-likeness (QED) is 0.507. The van der Waals surface area contributed by atoms with Gasteiger partial charge in [-0.25, -0.2) is 9.36 Å². The number of nitrogens with one attached hydrogen (secondary N) is 1. The van der Waals surface area contributed by atoms with E-state index in [9.17, 15) is 27.2 Å². The van der Waals surface area contributed by atoms with Gasteiger partial charge in [-0.05, 0) is 31.0 Å². The van der Waals surface area contributed by atoms with Gasteiger partial charge in [0.1, 0.15) is 5.75 Å². The lowest BCUT2D eigenvalue weighted by molar-refractivity contribution is -0.153. The van der Waals surface area contributed by atoms with Crippen LogP contribution in [-0.2, 0) is 0 Å². The fraction of sp³-hybridized carbons (Fsp3) is 0.500. The number of aromatic nitrogens is 2. The molecule has 2 atom stereocenters. The van der Waals surface area contributed by atoms with Gasteiger partial charge in [-0.3, -0.25) is 9.69 Å². The Balaban J connectivity index is 0.00000363. The van der Waals surface area contributed by atoms with Crippen molar-refractivity contribution in [3.8, 4) is 5.75 Å². The molecular weight excluding hydrogens is 456 g/mol. The van der Waals surface area contributed by atoms with Gasteiger partial charge in [0, 0.05) is 31.4 Å². The van der Waals surface area contributed by atoms with E-state index in [1.54, 1.807) is 19.1 Å². The zero-order chi connectivity index (χ0) is 22.8. The van der Waals surface area contributed by atoms with Gasteiger partial charge in [-0.15, -0.1) is 22.0 Å². The first-order chi connectivity index (χ1) is 14.6. The Kier molecular flexibility index (Phi) is 8.49. The molecule has 1 fully saturated rings. The van der Waals surface area contributed by atoms with Gasteiger partial charge in [-0.2, -0.15) is 13.2 Å². The fourth-order valence-corrected chi connectivity index (χ4v) is 3.84. The van der Waals surface area contributed by atoms with Crippen molar-refractivity contribution in [3.05, 3.63) is 62.4 Å². The van der Waals surface area contributed by atoms with Crippen LogP contribution in [-0.4, -0.2) is 52.0 Å². The third kappa shape index (κ3) is 6.11. The molecule has 1 N–H and O–H groups in total. The lowest BCUT2D eigenvalue weighted by atomic mass is 10.0. The number of ether oxygens (including phenoxy) is 1. The molecule has 3 rings (SSSR count). The SMILES string of the molecule is CCC(N1CCN(F)CC1c1ccc(OCC(F)(F)F)cc1)n1c(=O)cc(C)[nH]c1=O.Cl. The molecule has 1 aliphatic rings. The predicted octanol–water partition coefficient (Wildman–Crippen LogP) is 3.36. The number of alkyl halides is 3. The van der Waals surface area contributed by atoms with Crippen molar-refractivity contribution < 1.29 is 22.4 Å². The number of aryl methyl sites for hydroxylation is 1. The maximum atomic E-state index is 14.1. The van der Waals surface area contributed by atoms with Crippen molar-refractivity contribution >= 4 is 12.4 Å². The van der Waals surface area contributed by atoms with Gasteiger partial charge < -0.3 is 9.72 Å². The first kappa shape index (κ1) is 25.9. The lowest BCUT2D eigenvalue weighted by Gasteiger charge is -2.42. The molecule has 2 heterocycles. The van der Waals surface area contributed by atoms with Crippen LogP contribution in [0, 0.1) is 6.92 Å². The molecule has 0 bridgehead atoms. The lowest BCUT2D eigenvalue weighted by Crippen LogP contribution is -2.52. The Labute approximate surface area is 187 Å². The van der Waals surface area contributed by atoms with Crippen LogP contribution in [0.2, 0.25) is 0 Å². The number of benzene rings is 1. The van der Waals surface area contributed by atoms with Gasteiger partial charge in [-0.1, -0.05) is 19.1 Å². The van der Waals surface area contributed by atoms with Crippen molar-refractivity contribution in [2.45, 2.75) is 38.7 Å². The molecule has 0 radical (unpaired) electrons. The summed E-state index contributed by atoms with van der Waals surface area (Å²) >= 11 is 0. The summed E-state index contributed by atoms with van der Waals surface area (Å²) in [5.74, 6) is 0.0405. The zero-order valence-electron chi connectivity index (χ0n) is 17.6. The highest BCUT2D eigenvalue weighted by atomic mass is 35.5. The average molecular weight is 481 g/mol. The maximum Gasteiger partial charge on any atom is 0.422 e. The molecule has 1 aromatic heterocycles. The number of nitrogens with zero attached hydrogens (tertiary/aromatic N) is 3. The number of piperazine rings is 1. The Hall–Kier alpha value is -2.37. The molecule has 178 valence electrons. The molecule has 7 nitrogen and oxygen atoms in total. The van der Waals surface area contributed by atoms with Crippen LogP contribution in [0.3, 0.4) is 0 Å². The molecule has 2 unspecified atom stereocenters. The Bertz CT molecular complexity index is 978. The van der Waals surface area contributed by atoms with E-state index in [4.69, 9.17) is 4.74 Å². The molecule has 1 aromatic carbocycles. The first-order valence-corrected chi connectivity index (χ1v) is 9.87. The number of hydrogen-bond donors (Lipinski definition) is 1. The second-order valence-electron chi connectivity index (χ2n) is 7.45. The Morgan fingerprint density at radius 3 is 2.41 bits per heavy atom. The summed E-state index contributed by atoms with van der Waals surface area (Å²) in [6, 6.07) is 6.73. The van der Waals surface area contributed by atoms with E-state index in [0.717, 1.165) is 4.57 Å². The second-order valence-corrected chi connectivity index (χ2v) is 7.45. The zero-order valence-corrected chi connectivity index (χ0v) is 18.4. The van der Waals surface area contributed by atoms with Crippen LogP contribution in [0.25, 0.3) is 0 Å². The van der Waals surface area contributed by atoms with Crippen LogP contribution < -0.4 is 16.0 Å². The van der Waals surface area contributed by atoms with E-state index in [0.29, 0.717) is 22.8 Å². The van der Waals surface area contributed by atoms with Gasteiger partial charge in [0.05, 0.1) is 12.2 Å². The maximum absolute atomic E-state index is 14.1. The molecule has 0 saturated carbocycles. The number of hydrogen-bond acceptors (Lipinski definition) is 5. The van der Waals surface area contributed by atoms with E-state index in [1.165, 1.54) is 18.2 Å². The molecule has 0 spiro atoms. The number of halogens is 5. The van der Waals surface area contributed by atoms with Crippen LogP contribution >= 0.6 is 12.4 Å². The van der Waals surface area contributed by atoms with E-state index in [-0.39, 0.29) is 37.8 Å². The largest absolute Gasteiger partial charge is 0.484 e. The summed E-state index contributed by atoms with van der Waals surface area (Å²) in [5, 5.41) is 0.643. The topological polar surface area (TPSA) is 70.6 Å². The molecule has 1 saturated heterocycles. The fourth-order valence-electron chi connectivity index (χ4n) is 3.84. The van der Waals surface area contributed by atoms with Crippen LogP contribution in [0.15, 0.2) is 39.9 Å². The minimum atomic E-state index is -4.45. The summed E-state index contributed by atoms with van der Waals surface area (Å²) in [4.78, 5) is 29.5. The molecule has 1 aliphatic heterocycles. The highest BCUT2D eigenvalue weighted by Crippen LogP contribution is 2.33. The third-order valence-electron chi connectivity index (χ3n) is 5.19. The van der Waals surface area contributed by atoms with E-state index < -0.39 is 36.2 Å². The van der Waals surface area contributed by atoms with Gasteiger partial charge in [0.15, 0.2) is 6.61 Å². The monoisotopic (exact) mass is 480 g/mol. The molecule has 2 aromatic rings. The summed E-state index contributed by atoms with van der Waals surface area (Å²) in [6.07, 6.45) is -4.64. The Morgan fingerprint density at radius 2 is 1.84 bits per heavy atom. The van der Waals surface area contributed by atoms with Crippen LogP contribution in [0.1, 0.15) is 36.8 Å². The number of aromatic amines is 1. The van der Waals surface area contributed by atoms with Crippen LogP contribution in [0.5, 0.6) is 5.75 Å². The molecule has 32 heavy (non-hydrogen) atoms. The van der Waals surface area contributed by atoms with E-state index >= 15 is 0 Å². The van der Waals surface area contributed by atoms with Gasteiger partial charge in [0.25, 0.3) is 5.56 Å². The van der Waals surface area contributed by atoms with Crippen molar-refractivity contribution in [2.24, 2.45) is 0 Å². The minimum Gasteiger partial charge on any atom is -0.484 e. The summed E-state index contributed by atoms with van der Waals surface area (Å²) < 4.78 is 57.0. The molecule has 0 aliphatic carbocycles. The van der Waals surface area contributed by atoms with Crippen molar-refractivity contribution in [3.63, 3.8) is 0 Å². The van der Waals surface area contributed by atoms with E-state index in [1.807, 2.05) is 11.8 Å². The number of rotatable bonds is 6. The van der Waals surface area contributed by atoms with Crippen molar-refractivity contribution in [2.75, 3.05) is 26.2 Å². The summed E-state index contributed by atoms with van der Waals surface area (Å²) in [5.41, 5.74) is 0.0806. The average Bonchev–Trinajstić information content (AvgIpc) is 2.69. The molecule has 12 heteroatoms. The van der Waals surface area contributed by atoms with Gasteiger partial charge >= 0.3 is 11.9 Å². The highest BCUT2D eigenvalue weighted by molar-refractivity contribution is 5.85. The van der Waals surface area contributed by atoms with E-state index in [2.05, 4.69) is 4.98 Å². The van der Waals surface area contributed by atoms with Crippen molar-refractivity contribution in [1.29, 1.82) is 0 Å². The minimum absolute atomic E-state index is 0. The Morgan fingerprint density at radius 1 is 1.19 bits per heavy atom. The van der Waals surface area contributed by atoms with Gasteiger partial charge in [0.2, 0.25) is 0 Å². The molecular formula is C20H25ClF4N4O3. The third-order valence-corrected chi connectivity index (χ3v) is 5.19. The first-order valence-electron chi connectivity index (χ1n) is 9.87. The normalized spacial score (nSPS) is 18.8. The molecule has 0 amide bonds. The second kappa shape index (κ2) is 10.5. The smallest absolute Gasteiger partial charge is 0.422 e. The van der Waals surface area contributed by atoms with Crippen molar-refractivity contribution in [1.82, 2.24) is 19.6 Å². The highest BCUT2D eigenvalue weighted by Gasteiger charge is 2.35. The standard InChI is InChI=1S/C20H24F4N4O3.ClH/c1-3-17(28-18(29)10-13(2)25-19(28)30)27-9-8-26(24)11-16(27)14-4-6-15(7-5-14)31-12-20(21,22)23;/h4-7,10,16-17H,3,8-9,11-12H2,1-2H3,(H,25,30);1H. The predicted molar refractivity (Wildman–Crippen MR) is 113 cm³/mol. The number of H-pyrrole nitrogens is 1. The van der Waals surface area contributed by atoms with Crippen LogP contribution in [0.4, 0.5) is 17.7 Å². The summed E-state index contributed by atoms with van der Waals surface area (Å²) in [6.45, 7) is 2.36. The summed E-state index contributed by atoms with van der Waals surface area (Å²) in [7, 11) is 0.